The molecule has 0 aromatic carbocycles. The first kappa shape index (κ1) is 14.2. The molecule has 1 amide bonds. The maximum absolute atomic E-state index is 11.8. The van der Waals surface area contributed by atoms with Gasteiger partial charge in [0.1, 0.15) is 23.6 Å². The van der Waals surface area contributed by atoms with E-state index in [1.807, 2.05) is 0 Å². The number of aliphatic hydroxyl groups is 3. The minimum Gasteiger partial charge on any atom is -0.394 e. The summed E-state index contributed by atoms with van der Waals surface area (Å²) in [5, 5.41) is 34.9. The van der Waals surface area contributed by atoms with Crippen LogP contribution in [0.1, 0.15) is 23.6 Å². The van der Waals surface area contributed by atoms with E-state index in [0.717, 1.165) is 0 Å². The first-order chi connectivity index (χ1) is 9.86. The molecule has 2 unspecified atom stereocenters. The lowest BCUT2D eigenvalue weighted by Gasteiger charge is -2.30. The second-order valence-corrected chi connectivity index (χ2v) is 5.32. The Balaban J connectivity index is 2.01. The number of anilines is 1. The first-order valence-electron chi connectivity index (χ1n) is 6.42. The highest BCUT2D eigenvalue weighted by molar-refractivity contribution is 5.99. The van der Waals surface area contributed by atoms with Crippen LogP contribution in [-0.4, -0.2) is 61.5 Å². The number of carbonyl (C=O) groups excluding carboxylic acids is 1. The molecule has 0 bridgehead atoms. The van der Waals surface area contributed by atoms with Crippen LogP contribution in [0.25, 0.3) is 0 Å². The summed E-state index contributed by atoms with van der Waals surface area (Å²) in [7, 11) is 0. The average Bonchev–Trinajstić information content (AvgIpc) is 2.91. The molecule has 2 aliphatic rings. The van der Waals surface area contributed by atoms with Crippen molar-refractivity contribution >= 4 is 11.7 Å². The standard InChI is InChI=1S/C11H17N5O5/c1-11(20)6(18)4(2-17)21-9(11)16-3-13-5-7(16)14-10(12)15-8(5)19/h3-4,6,9-10,14,17-18,20H,2,12H2,1H3,(H,15,19)/t4-,6+,9-,10?,11?/m1/s1. The zero-order valence-corrected chi connectivity index (χ0v) is 11.2. The van der Waals surface area contributed by atoms with E-state index in [4.69, 9.17) is 10.5 Å². The van der Waals surface area contributed by atoms with Crippen molar-refractivity contribution in [3.8, 4) is 0 Å². The lowest BCUT2D eigenvalue weighted by molar-refractivity contribution is -0.0958. The lowest BCUT2D eigenvalue weighted by Crippen LogP contribution is -2.51. The van der Waals surface area contributed by atoms with Crippen LogP contribution in [0.3, 0.4) is 0 Å². The first-order valence-corrected chi connectivity index (χ1v) is 6.42. The van der Waals surface area contributed by atoms with E-state index in [0.29, 0.717) is 0 Å². The molecule has 5 atom stereocenters. The number of ether oxygens (including phenoxy) is 1. The molecule has 0 spiro atoms. The predicted molar refractivity (Wildman–Crippen MR) is 68.9 cm³/mol. The monoisotopic (exact) mass is 299 g/mol. The number of fused-ring (bicyclic) bond motifs is 1. The molecule has 1 saturated heterocycles. The van der Waals surface area contributed by atoms with Crippen molar-refractivity contribution in [3.63, 3.8) is 0 Å². The molecule has 7 N–H and O–H groups in total. The largest absolute Gasteiger partial charge is 0.394 e. The Morgan fingerprint density at radius 1 is 1.57 bits per heavy atom. The quantitative estimate of drug-likeness (QED) is 0.344. The van der Waals surface area contributed by atoms with E-state index in [9.17, 15) is 20.1 Å². The Kier molecular flexibility index (Phi) is 3.15. The number of aromatic nitrogens is 2. The summed E-state index contributed by atoms with van der Waals surface area (Å²) in [5.74, 6) is -0.172. The van der Waals surface area contributed by atoms with E-state index in [1.165, 1.54) is 17.8 Å². The summed E-state index contributed by atoms with van der Waals surface area (Å²) in [4.78, 5) is 15.7. The molecule has 1 fully saturated rings. The van der Waals surface area contributed by atoms with Crippen molar-refractivity contribution in [2.75, 3.05) is 11.9 Å². The maximum Gasteiger partial charge on any atom is 0.276 e. The Morgan fingerprint density at radius 2 is 2.29 bits per heavy atom. The SMILES string of the molecule is CC1(O)[C@@H](O)[C@@H](CO)O[C@H]1n1cnc2c1NC(N)NC2=O. The number of nitrogens with one attached hydrogen (secondary N) is 2. The Labute approximate surface area is 119 Å². The molecule has 1 aromatic heterocycles. The molecule has 0 aliphatic carbocycles. The van der Waals surface area contributed by atoms with Crippen molar-refractivity contribution in [3.05, 3.63) is 12.0 Å². The highest BCUT2D eigenvalue weighted by Crippen LogP contribution is 2.40. The highest BCUT2D eigenvalue weighted by atomic mass is 16.6. The van der Waals surface area contributed by atoms with Gasteiger partial charge in [0.15, 0.2) is 18.2 Å². The normalized spacial score (nSPS) is 38.8. The molecule has 116 valence electrons. The van der Waals surface area contributed by atoms with Crippen LogP contribution in [0.4, 0.5) is 5.82 Å². The number of hydrogen-bond acceptors (Lipinski definition) is 8. The average molecular weight is 299 g/mol. The summed E-state index contributed by atoms with van der Waals surface area (Å²) in [5.41, 5.74) is 4.08. The predicted octanol–water partition coefficient (Wildman–Crippen LogP) is -2.72. The van der Waals surface area contributed by atoms with E-state index < -0.39 is 42.8 Å². The highest BCUT2D eigenvalue weighted by Gasteiger charge is 2.53. The van der Waals surface area contributed by atoms with Crippen LogP contribution in [0.5, 0.6) is 0 Å². The summed E-state index contributed by atoms with van der Waals surface area (Å²) < 4.78 is 6.86. The van der Waals surface area contributed by atoms with Gasteiger partial charge in [-0.15, -0.1) is 0 Å². The maximum atomic E-state index is 11.8. The number of carbonyl (C=O) groups is 1. The van der Waals surface area contributed by atoms with E-state index in [-0.39, 0.29) is 11.5 Å². The molecular formula is C11H17N5O5. The minimum absolute atomic E-state index is 0.109. The number of nitrogens with two attached hydrogens (primary N) is 1. The Bertz CT molecular complexity index is 573. The van der Waals surface area contributed by atoms with E-state index in [2.05, 4.69) is 15.6 Å². The fraction of sp³-hybridized carbons (Fsp3) is 0.636. The molecule has 3 rings (SSSR count). The van der Waals surface area contributed by atoms with Crippen molar-refractivity contribution in [1.29, 1.82) is 0 Å². The van der Waals surface area contributed by atoms with Crippen molar-refractivity contribution < 1.29 is 24.9 Å². The molecule has 0 radical (unpaired) electrons. The van der Waals surface area contributed by atoms with Gasteiger partial charge in [-0.25, -0.2) is 4.98 Å². The van der Waals surface area contributed by atoms with Gasteiger partial charge >= 0.3 is 0 Å². The van der Waals surface area contributed by atoms with Crippen LogP contribution in [0, 0.1) is 0 Å². The fourth-order valence-electron chi connectivity index (χ4n) is 2.63. The van der Waals surface area contributed by atoms with Crippen molar-refractivity contribution in [2.24, 2.45) is 5.73 Å². The van der Waals surface area contributed by atoms with Gasteiger partial charge < -0.3 is 30.7 Å². The molecule has 10 nitrogen and oxygen atoms in total. The van der Waals surface area contributed by atoms with Crippen LogP contribution in [0.2, 0.25) is 0 Å². The molecule has 0 saturated carbocycles. The zero-order valence-electron chi connectivity index (χ0n) is 11.2. The number of imidazole rings is 1. The van der Waals surface area contributed by atoms with Gasteiger partial charge in [-0.2, -0.15) is 0 Å². The number of rotatable bonds is 2. The third-order valence-electron chi connectivity index (χ3n) is 3.77. The third kappa shape index (κ3) is 2.00. The van der Waals surface area contributed by atoms with Crippen molar-refractivity contribution in [2.45, 2.75) is 37.3 Å². The molecule has 3 heterocycles. The third-order valence-corrected chi connectivity index (χ3v) is 3.77. The summed E-state index contributed by atoms with van der Waals surface area (Å²) in [6.45, 7) is 0.936. The molecular weight excluding hydrogens is 282 g/mol. The van der Waals surface area contributed by atoms with Gasteiger partial charge in [-0.1, -0.05) is 0 Å². The van der Waals surface area contributed by atoms with Gasteiger partial charge in [0, 0.05) is 0 Å². The molecule has 1 aromatic rings. The fourth-order valence-corrected chi connectivity index (χ4v) is 2.63. The van der Waals surface area contributed by atoms with Gasteiger partial charge in [-0.05, 0) is 6.92 Å². The summed E-state index contributed by atoms with van der Waals surface area (Å²) >= 11 is 0. The van der Waals surface area contributed by atoms with E-state index >= 15 is 0 Å². The number of aliphatic hydroxyl groups excluding tert-OH is 2. The smallest absolute Gasteiger partial charge is 0.276 e. The second kappa shape index (κ2) is 4.64. The zero-order chi connectivity index (χ0) is 15.4. The summed E-state index contributed by atoms with van der Waals surface area (Å²) in [6, 6.07) is 0. The van der Waals surface area contributed by atoms with Crippen LogP contribution < -0.4 is 16.4 Å². The van der Waals surface area contributed by atoms with Crippen molar-refractivity contribution in [1.82, 2.24) is 14.9 Å². The van der Waals surface area contributed by atoms with Gasteiger partial charge in [0.25, 0.3) is 5.91 Å². The minimum atomic E-state index is -1.67. The van der Waals surface area contributed by atoms with Crippen LogP contribution >= 0.6 is 0 Å². The lowest BCUT2D eigenvalue weighted by atomic mass is 9.96. The topological polar surface area (TPSA) is 155 Å². The van der Waals surface area contributed by atoms with Crippen LogP contribution in [-0.2, 0) is 4.74 Å². The van der Waals surface area contributed by atoms with Gasteiger partial charge in [0.2, 0.25) is 0 Å². The van der Waals surface area contributed by atoms with E-state index in [1.54, 1.807) is 0 Å². The Morgan fingerprint density at radius 3 is 2.90 bits per heavy atom. The summed E-state index contributed by atoms with van der Waals surface area (Å²) in [6.07, 6.45) is -2.73. The molecule has 21 heavy (non-hydrogen) atoms. The number of amides is 1. The number of nitrogens with zero attached hydrogens (tertiary/aromatic N) is 2. The molecule has 10 heteroatoms. The second-order valence-electron chi connectivity index (χ2n) is 5.32. The van der Waals surface area contributed by atoms with Crippen LogP contribution in [0.15, 0.2) is 6.33 Å². The molecule has 2 aliphatic heterocycles. The number of hydrogen-bond donors (Lipinski definition) is 6. The van der Waals surface area contributed by atoms with Gasteiger partial charge in [-0.3, -0.25) is 15.1 Å². The Hall–Kier alpha value is -1.72. The van der Waals surface area contributed by atoms with Gasteiger partial charge in [0.05, 0.1) is 12.9 Å².